The van der Waals surface area contributed by atoms with Crippen LogP contribution in [-0.2, 0) is 26.1 Å². The molecule has 1 aromatic rings. The second-order valence-corrected chi connectivity index (χ2v) is 5.84. The van der Waals surface area contributed by atoms with E-state index in [1.54, 1.807) is 6.26 Å². The van der Waals surface area contributed by atoms with Gasteiger partial charge in [0.15, 0.2) is 0 Å². The van der Waals surface area contributed by atoms with Gasteiger partial charge in [-0.3, -0.25) is 9.00 Å². The Morgan fingerprint density at radius 1 is 1.56 bits per heavy atom. The highest BCUT2D eigenvalue weighted by molar-refractivity contribution is 7.83. The maximum absolute atomic E-state index is 11.9. The van der Waals surface area contributed by atoms with Gasteiger partial charge in [0, 0.05) is 35.1 Å². The summed E-state index contributed by atoms with van der Waals surface area (Å²) in [6, 6.07) is 7.44. The van der Waals surface area contributed by atoms with Gasteiger partial charge in [0.05, 0.1) is 0 Å². The van der Waals surface area contributed by atoms with Crippen molar-refractivity contribution in [1.29, 1.82) is 0 Å². The first-order valence-corrected chi connectivity index (χ1v) is 7.69. The highest BCUT2D eigenvalue weighted by Crippen LogP contribution is 2.16. The van der Waals surface area contributed by atoms with E-state index in [0.29, 0.717) is 12.4 Å². The van der Waals surface area contributed by atoms with Crippen molar-refractivity contribution in [2.24, 2.45) is 0 Å². The van der Waals surface area contributed by atoms with Crippen molar-refractivity contribution in [3.63, 3.8) is 0 Å². The normalized spacial score (nSPS) is 20.6. The molecule has 1 aromatic carbocycles. The van der Waals surface area contributed by atoms with Crippen molar-refractivity contribution in [2.75, 3.05) is 18.2 Å². The number of benzene rings is 1. The topological polar surface area (TPSA) is 55.4 Å². The minimum atomic E-state index is -0.877. The fraction of sp³-hybridized carbons (Fsp3) is 0.462. The van der Waals surface area contributed by atoms with Crippen LogP contribution in [0.15, 0.2) is 24.3 Å². The third kappa shape index (κ3) is 3.65. The molecule has 1 fully saturated rings. The molecule has 4 nitrogen and oxygen atoms in total. The van der Waals surface area contributed by atoms with Gasteiger partial charge in [0.25, 0.3) is 5.91 Å². The molecule has 98 valence electrons. The zero-order valence-electron chi connectivity index (χ0n) is 10.3. The third-order valence-electron chi connectivity index (χ3n) is 2.79. The number of ether oxygens (including phenoxy) is 1. The Balaban J connectivity index is 2.00. The van der Waals surface area contributed by atoms with Crippen LogP contribution in [0.2, 0.25) is 0 Å². The number of hydrogen-bond donors (Lipinski definition) is 1. The molecule has 1 aliphatic rings. The number of amides is 1. The standard InChI is InChI=1S/C13H17NO3S/c1-18(16)9-10-4-2-5-11(8-10)14-13(15)12-6-3-7-17-12/h2,4-5,8,12H,3,6-7,9H2,1H3,(H,14,15)/t12-,18-/m0/s1. The molecule has 0 unspecified atom stereocenters. The van der Waals surface area contributed by atoms with Crippen LogP contribution < -0.4 is 5.32 Å². The van der Waals surface area contributed by atoms with E-state index < -0.39 is 10.8 Å². The van der Waals surface area contributed by atoms with Gasteiger partial charge < -0.3 is 10.1 Å². The monoisotopic (exact) mass is 267 g/mol. The van der Waals surface area contributed by atoms with Crippen LogP contribution in [0.4, 0.5) is 5.69 Å². The average molecular weight is 267 g/mol. The van der Waals surface area contributed by atoms with Gasteiger partial charge in [0.2, 0.25) is 0 Å². The van der Waals surface area contributed by atoms with E-state index in [1.165, 1.54) is 0 Å². The fourth-order valence-electron chi connectivity index (χ4n) is 1.98. The smallest absolute Gasteiger partial charge is 0.253 e. The molecule has 0 radical (unpaired) electrons. The predicted molar refractivity (Wildman–Crippen MR) is 71.8 cm³/mol. The quantitative estimate of drug-likeness (QED) is 0.903. The Hall–Kier alpha value is -1.20. The molecule has 1 N–H and O–H groups in total. The predicted octanol–water partition coefficient (Wildman–Crippen LogP) is 1.68. The lowest BCUT2D eigenvalue weighted by molar-refractivity contribution is -0.124. The van der Waals surface area contributed by atoms with Crippen molar-refractivity contribution < 1.29 is 13.7 Å². The summed E-state index contributed by atoms with van der Waals surface area (Å²) in [7, 11) is -0.877. The number of nitrogens with one attached hydrogen (secondary N) is 1. The van der Waals surface area contributed by atoms with E-state index >= 15 is 0 Å². The van der Waals surface area contributed by atoms with Crippen LogP contribution in [-0.4, -0.2) is 29.1 Å². The van der Waals surface area contributed by atoms with E-state index in [1.807, 2.05) is 24.3 Å². The van der Waals surface area contributed by atoms with Crippen LogP contribution >= 0.6 is 0 Å². The lowest BCUT2D eigenvalue weighted by Crippen LogP contribution is -2.26. The molecular weight excluding hydrogens is 250 g/mol. The Morgan fingerprint density at radius 2 is 2.39 bits per heavy atom. The molecule has 2 rings (SSSR count). The maximum atomic E-state index is 11.9. The van der Waals surface area contributed by atoms with Gasteiger partial charge in [-0.2, -0.15) is 0 Å². The van der Waals surface area contributed by atoms with Crippen LogP contribution in [0.3, 0.4) is 0 Å². The zero-order valence-corrected chi connectivity index (χ0v) is 11.2. The summed E-state index contributed by atoms with van der Waals surface area (Å²) < 4.78 is 16.5. The molecule has 0 spiro atoms. The highest BCUT2D eigenvalue weighted by atomic mass is 32.2. The molecule has 0 aliphatic carbocycles. The molecule has 0 aromatic heterocycles. The van der Waals surface area contributed by atoms with Crippen molar-refractivity contribution >= 4 is 22.4 Å². The molecule has 0 bridgehead atoms. The minimum Gasteiger partial charge on any atom is -0.368 e. The summed E-state index contributed by atoms with van der Waals surface area (Å²) in [5.41, 5.74) is 1.69. The molecule has 1 heterocycles. The Kier molecular flexibility index (Phi) is 4.49. The van der Waals surface area contributed by atoms with Gasteiger partial charge in [-0.25, -0.2) is 0 Å². The van der Waals surface area contributed by atoms with E-state index in [4.69, 9.17) is 4.74 Å². The SMILES string of the molecule is C[S@](=O)Cc1cccc(NC(=O)[C@@H]2CCCO2)c1. The van der Waals surface area contributed by atoms with Gasteiger partial charge in [-0.15, -0.1) is 0 Å². The van der Waals surface area contributed by atoms with E-state index in [-0.39, 0.29) is 12.0 Å². The van der Waals surface area contributed by atoms with Crippen LogP contribution in [0.1, 0.15) is 18.4 Å². The summed E-state index contributed by atoms with van der Waals surface area (Å²) >= 11 is 0. The van der Waals surface area contributed by atoms with Crippen LogP contribution in [0.5, 0.6) is 0 Å². The maximum Gasteiger partial charge on any atom is 0.253 e. The third-order valence-corrected chi connectivity index (χ3v) is 3.53. The lowest BCUT2D eigenvalue weighted by Gasteiger charge is -2.11. The summed E-state index contributed by atoms with van der Waals surface area (Å²) in [5.74, 6) is 0.408. The van der Waals surface area contributed by atoms with Crippen molar-refractivity contribution in [1.82, 2.24) is 0 Å². The second kappa shape index (κ2) is 6.11. The summed E-state index contributed by atoms with van der Waals surface area (Å²) in [5, 5.41) is 2.83. The van der Waals surface area contributed by atoms with Crippen molar-refractivity contribution in [2.45, 2.75) is 24.7 Å². The number of hydrogen-bond acceptors (Lipinski definition) is 3. The zero-order chi connectivity index (χ0) is 13.0. The Labute approximate surface area is 109 Å². The lowest BCUT2D eigenvalue weighted by atomic mass is 10.2. The van der Waals surface area contributed by atoms with Gasteiger partial charge in [0.1, 0.15) is 6.10 Å². The molecule has 1 saturated heterocycles. The molecule has 2 atom stereocenters. The first kappa shape index (κ1) is 13.2. The van der Waals surface area contributed by atoms with Gasteiger partial charge >= 0.3 is 0 Å². The van der Waals surface area contributed by atoms with Gasteiger partial charge in [-0.05, 0) is 30.5 Å². The van der Waals surface area contributed by atoms with Crippen molar-refractivity contribution in [3.05, 3.63) is 29.8 Å². The number of rotatable bonds is 4. The summed E-state index contributed by atoms with van der Waals surface area (Å²) in [4.78, 5) is 11.9. The molecule has 1 aliphatic heterocycles. The van der Waals surface area contributed by atoms with Crippen LogP contribution in [0, 0.1) is 0 Å². The second-order valence-electron chi connectivity index (χ2n) is 4.41. The molecule has 5 heteroatoms. The molecular formula is C13H17NO3S. The van der Waals surface area contributed by atoms with Gasteiger partial charge in [-0.1, -0.05) is 12.1 Å². The summed E-state index contributed by atoms with van der Waals surface area (Å²) in [6.07, 6.45) is 3.06. The fourth-order valence-corrected chi connectivity index (χ4v) is 2.63. The highest BCUT2D eigenvalue weighted by Gasteiger charge is 2.23. The van der Waals surface area contributed by atoms with E-state index in [9.17, 15) is 9.00 Å². The first-order chi connectivity index (χ1) is 8.65. The van der Waals surface area contributed by atoms with Crippen molar-refractivity contribution in [3.8, 4) is 0 Å². The number of carbonyl (C=O) groups excluding carboxylic acids is 1. The molecule has 0 saturated carbocycles. The van der Waals surface area contributed by atoms with E-state index in [0.717, 1.165) is 24.1 Å². The molecule has 1 amide bonds. The number of carbonyl (C=O) groups is 1. The first-order valence-electron chi connectivity index (χ1n) is 5.96. The van der Waals surface area contributed by atoms with E-state index in [2.05, 4.69) is 5.32 Å². The summed E-state index contributed by atoms with van der Waals surface area (Å²) in [6.45, 7) is 0.660. The Bertz CT molecular complexity index is 455. The average Bonchev–Trinajstić information content (AvgIpc) is 2.81. The van der Waals surface area contributed by atoms with Crippen LogP contribution in [0.25, 0.3) is 0 Å². The Morgan fingerprint density at radius 3 is 3.06 bits per heavy atom. The molecule has 18 heavy (non-hydrogen) atoms. The largest absolute Gasteiger partial charge is 0.368 e. The minimum absolute atomic E-state index is 0.0951. The number of anilines is 1.